The van der Waals surface area contributed by atoms with Gasteiger partial charge in [-0.05, 0) is 54.4 Å². The average Bonchev–Trinajstić information content (AvgIpc) is 3.10. The molecule has 2 aliphatic carbocycles. The molecule has 0 radical (unpaired) electrons. The molecule has 0 aromatic heterocycles. The normalized spacial score (nSPS) is 23.4. The highest BCUT2D eigenvalue weighted by atomic mass is 16.5. The van der Waals surface area contributed by atoms with Crippen LogP contribution in [0.4, 0.5) is 5.69 Å². The van der Waals surface area contributed by atoms with Crippen LogP contribution in [-0.4, -0.2) is 37.0 Å². The Balaban J connectivity index is 1.66. The lowest BCUT2D eigenvalue weighted by Gasteiger charge is -2.40. The molecule has 5 rings (SSSR count). The van der Waals surface area contributed by atoms with Gasteiger partial charge in [-0.1, -0.05) is 42.5 Å². The Morgan fingerprint density at radius 1 is 1.16 bits per heavy atom. The number of nitrogens with two attached hydrogens (primary N) is 1. The van der Waals surface area contributed by atoms with Gasteiger partial charge in [-0.3, -0.25) is 9.69 Å². The number of fused-ring (bicyclic) bond motifs is 4. The summed E-state index contributed by atoms with van der Waals surface area (Å²) in [5, 5.41) is 0. The zero-order valence-corrected chi connectivity index (χ0v) is 17.7. The molecule has 1 heterocycles. The van der Waals surface area contributed by atoms with Crippen LogP contribution in [0.3, 0.4) is 0 Å². The zero-order valence-electron chi connectivity index (χ0n) is 17.7. The second-order valence-corrected chi connectivity index (χ2v) is 8.81. The molecule has 0 saturated heterocycles. The highest BCUT2D eigenvalue weighted by molar-refractivity contribution is 6.08. The fraction of sp³-hybridized carbons (Fsp3) is 0.400. The van der Waals surface area contributed by atoms with Gasteiger partial charge in [0.15, 0.2) is 17.2 Å². The number of rotatable bonds is 3. The smallest absolute Gasteiger partial charge is 0.262 e. The Morgan fingerprint density at radius 3 is 2.52 bits per heavy atom. The number of nitrogens with zero attached hydrogens (tertiary/aromatic N) is 3. The van der Waals surface area contributed by atoms with E-state index >= 15 is 0 Å². The van der Waals surface area contributed by atoms with Gasteiger partial charge in [-0.25, -0.2) is 9.84 Å². The maximum Gasteiger partial charge on any atom is 0.262 e. The molecule has 1 aliphatic heterocycles. The van der Waals surface area contributed by atoms with Crippen LogP contribution < -0.4 is 5.73 Å². The van der Waals surface area contributed by atoms with Crippen molar-refractivity contribution in [2.45, 2.75) is 37.6 Å². The SMILES string of the molecule is [C-]#[N+]c1ccc2c(c1)C1(N=C(N)N(CCOC)C1=O)C1(CCc3ccccc3CC1)C2. The van der Waals surface area contributed by atoms with Crippen LogP contribution in [-0.2, 0) is 34.3 Å². The van der Waals surface area contributed by atoms with Crippen molar-refractivity contribution in [3.05, 3.63) is 76.1 Å². The van der Waals surface area contributed by atoms with Crippen LogP contribution in [0.1, 0.15) is 35.1 Å². The van der Waals surface area contributed by atoms with Crippen molar-refractivity contribution in [1.82, 2.24) is 4.90 Å². The van der Waals surface area contributed by atoms with Crippen molar-refractivity contribution >= 4 is 17.6 Å². The van der Waals surface area contributed by atoms with E-state index in [0.717, 1.165) is 43.2 Å². The number of carbonyl (C=O) groups excluding carboxylic acids is 1. The summed E-state index contributed by atoms with van der Waals surface area (Å²) in [5.74, 6) is 0.179. The fourth-order valence-electron chi connectivity index (χ4n) is 5.86. The summed E-state index contributed by atoms with van der Waals surface area (Å²) in [6, 6.07) is 14.3. The van der Waals surface area contributed by atoms with E-state index in [2.05, 4.69) is 29.1 Å². The van der Waals surface area contributed by atoms with E-state index < -0.39 is 5.54 Å². The molecule has 158 valence electrons. The topological polar surface area (TPSA) is 72.3 Å². The van der Waals surface area contributed by atoms with Gasteiger partial charge in [-0.15, -0.1) is 0 Å². The number of carbonyl (C=O) groups is 1. The number of ether oxygens (including phenoxy) is 1. The molecule has 0 fully saturated rings. The first-order valence-corrected chi connectivity index (χ1v) is 10.8. The molecular formula is C25H26N4O2. The molecule has 6 heteroatoms. The number of benzene rings is 2. The van der Waals surface area contributed by atoms with Gasteiger partial charge in [0, 0.05) is 12.5 Å². The summed E-state index contributed by atoms with van der Waals surface area (Å²) in [5.41, 5.74) is 10.1. The maximum absolute atomic E-state index is 14.1. The molecule has 2 N–H and O–H groups in total. The first-order valence-electron chi connectivity index (χ1n) is 10.8. The van der Waals surface area contributed by atoms with Gasteiger partial charge in [-0.2, -0.15) is 0 Å². The Kier molecular flexibility index (Phi) is 4.60. The van der Waals surface area contributed by atoms with E-state index in [1.807, 2.05) is 18.2 Å². The van der Waals surface area contributed by atoms with E-state index in [0.29, 0.717) is 18.8 Å². The standard InChI is InChI=1S/C25H26N4O2/c1-27-20-8-7-19-16-24(11-9-17-5-3-4-6-18(17)10-12-24)25(21(19)15-20)22(30)29(13-14-31-2)23(26)28-25/h3-8,15H,9-14,16H2,2H3,(H2,26,28). The Labute approximate surface area is 182 Å². The predicted molar refractivity (Wildman–Crippen MR) is 119 cm³/mol. The third-order valence-electron chi connectivity index (χ3n) is 7.41. The summed E-state index contributed by atoms with van der Waals surface area (Å²) in [6.07, 6.45) is 4.29. The van der Waals surface area contributed by atoms with Gasteiger partial charge in [0.05, 0.1) is 19.7 Å². The molecule has 1 amide bonds. The zero-order chi connectivity index (χ0) is 21.6. The highest BCUT2D eigenvalue weighted by Crippen LogP contribution is 2.61. The Morgan fingerprint density at radius 2 is 1.87 bits per heavy atom. The van der Waals surface area contributed by atoms with Crippen molar-refractivity contribution in [3.8, 4) is 0 Å². The Bertz CT molecular complexity index is 1110. The lowest BCUT2D eigenvalue weighted by Crippen LogP contribution is -2.51. The number of guanidine groups is 1. The van der Waals surface area contributed by atoms with Crippen molar-refractivity contribution < 1.29 is 9.53 Å². The number of methoxy groups -OCH3 is 1. The van der Waals surface area contributed by atoms with Gasteiger partial charge in [0.25, 0.3) is 5.91 Å². The van der Waals surface area contributed by atoms with E-state index in [1.165, 1.54) is 11.1 Å². The van der Waals surface area contributed by atoms with E-state index in [1.54, 1.807) is 12.0 Å². The van der Waals surface area contributed by atoms with Crippen molar-refractivity contribution in [3.63, 3.8) is 0 Å². The first-order chi connectivity index (χ1) is 15.0. The number of hydrogen-bond donors (Lipinski definition) is 1. The number of aryl methyl sites for hydroxylation is 2. The van der Waals surface area contributed by atoms with Crippen LogP contribution in [0.15, 0.2) is 47.5 Å². The predicted octanol–water partition coefficient (Wildman–Crippen LogP) is 3.36. The molecule has 1 atom stereocenters. The van der Waals surface area contributed by atoms with E-state index in [9.17, 15) is 4.79 Å². The molecule has 2 aromatic rings. The Hall–Kier alpha value is -3.17. The second kappa shape index (κ2) is 7.21. The summed E-state index contributed by atoms with van der Waals surface area (Å²) < 4.78 is 5.21. The summed E-state index contributed by atoms with van der Waals surface area (Å²) in [6.45, 7) is 8.27. The van der Waals surface area contributed by atoms with Crippen LogP contribution >= 0.6 is 0 Å². The van der Waals surface area contributed by atoms with Gasteiger partial charge in [0.1, 0.15) is 0 Å². The quantitative estimate of drug-likeness (QED) is 0.783. The van der Waals surface area contributed by atoms with Crippen molar-refractivity contribution in [2.75, 3.05) is 20.3 Å². The van der Waals surface area contributed by atoms with E-state index in [4.69, 9.17) is 22.0 Å². The lowest BCUT2D eigenvalue weighted by molar-refractivity contribution is -0.137. The molecule has 0 saturated carbocycles. The van der Waals surface area contributed by atoms with Crippen LogP contribution in [0.25, 0.3) is 4.85 Å². The van der Waals surface area contributed by atoms with Crippen molar-refractivity contribution in [2.24, 2.45) is 16.1 Å². The van der Waals surface area contributed by atoms with Crippen LogP contribution in [0.5, 0.6) is 0 Å². The third kappa shape index (κ3) is 2.73. The lowest BCUT2D eigenvalue weighted by atomic mass is 9.65. The van der Waals surface area contributed by atoms with E-state index in [-0.39, 0.29) is 17.3 Å². The third-order valence-corrected chi connectivity index (χ3v) is 7.41. The largest absolute Gasteiger partial charge is 0.383 e. The monoisotopic (exact) mass is 414 g/mol. The summed E-state index contributed by atoms with van der Waals surface area (Å²) in [7, 11) is 1.61. The second-order valence-electron chi connectivity index (χ2n) is 8.81. The number of amides is 1. The molecule has 31 heavy (non-hydrogen) atoms. The van der Waals surface area contributed by atoms with Gasteiger partial charge in [0.2, 0.25) is 0 Å². The summed E-state index contributed by atoms with van der Waals surface area (Å²) in [4.78, 5) is 24.2. The minimum Gasteiger partial charge on any atom is -0.383 e. The molecule has 2 aromatic carbocycles. The summed E-state index contributed by atoms with van der Waals surface area (Å²) >= 11 is 0. The number of hydrogen-bond acceptors (Lipinski definition) is 4. The average molecular weight is 415 g/mol. The molecule has 0 bridgehead atoms. The number of aliphatic imine (C=N–C) groups is 1. The minimum atomic E-state index is -1.07. The van der Waals surface area contributed by atoms with Crippen LogP contribution in [0.2, 0.25) is 0 Å². The van der Waals surface area contributed by atoms with Gasteiger partial charge < -0.3 is 10.5 Å². The van der Waals surface area contributed by atoms with Crippen molar-refractivity contribution in [1.29, 1.82) is 0 Å². The molecular weight excluding hydrogens is 388 g/mol. The highest BCUT2D eigenvalue weighted by Gasteiger charge is 2.65. The van der Waals surface area contributed by atoms with Crippen LogP contribution in [0, 0.1) is 12.0 Å². The van der Waals surface area contributed by atoms with Gasteiger partial charge >= 0.3 is 0 Å². The molecule has 6 nitrogen and oxygen atoms in total. The minimum absolute atomic E-state index is 0.0751. The maximum atomic E-state index is 14.1. The molecule has 2 spiro atoms. The molecule has 1 unspecified atom stereocenters. The first kappa shape index (κ1) is 19.8. The molecule has 3 aliphatic rings. The fourth-order valence-corrected chi connectivity index (χ4v) is 5.86.